The molecule has 1 aliphatic rings. The number of carbonyl (C=O) groups is 1. The summed E-state index contributed by atoms with van der Waals surface area (Å²) < 4.78 is 5.13. The third-order valence-electron chi connectivity index (χ3n) is 2.13. The van der Waals surface area contributed by atoms with Crippen LogP contribution in [0, 0.1) is 11.3 Å². The maximum absolute atomic E-state index is 11.6. The first-order valence-electron chi connectivity index (χ1n) is 4.92. The first kappa shape index (κ1) is 11.8. The molecule has 1 saturated heterocycles. The van der Waals surface area contributed by atoms with Crippen LogP contribution >= 0.6 is 0 Å². The molecule has 1 heterocycles. The van der Waals surface area contributed by atoms with Crippen LogP contribution in [0.2, 0.25) is 0 Å². The first-order chi connectivity index (χ1) is 6.85. The highest BCUT2D eigenvalue weighted by atomic mass is 16.6. The van der Waals surface area contributed by atoms with Crippen LogP contribution in [0.4, 0.5) is 4.79 Å². The van der Waals surface area contributed by atoms with Gasteiger partial charge in [-0.1, -0.05) is 0 Å². The van der Waals surface area contributed by atoms with Crippen molar-refractivity contribution in [2.24, 2.45) is 0 Å². The van der Waals surface area contributed by atoms with Gasteiger partial charge in [-0.3, -0.25) is 4.90 Å². The van der Waals surface area contributed by atoms with E-state index in [1.807, 2.05) is 6.07 Å². The lowest BCUT2D eigenvalue weighted by molar-refractivity contribution is 0.0214. The number of nitrogens with zero attached hydrogens (tertiary/aromatic N) is 2. The fourth-order valence-corrected chi connectivity index (χ4v) is 1.46. The molecule has 2 atom stereocenters. The van der Waals surface area contributed by atoms with E-state index in [0.29, 0.717) is 13.0 Å². The molecule has 0 spiro atoms. The second kappa shape index (κ2) is 4.07. The Morgan fingerprint density at radius 1 is 1.60 bits per heavy atom. The molecule has 0 bridgehead atoms. The summed E-state index contributed by atoms with van der Waals surface area (Å²) in [7, 11) is 0. The van der Waals surface area contributed by atoms with Gasteiger partial charge in [-0.05, 0) is 27.2 Å². The Bertz CT molecular complexity index is 290. The lowest BCUT2D eigenvalue weighted by Crippen LogP contribution is -2.41. The molecule has 0 saturated carbocycles. The summed E-state index contributed by atoms with van der Waals surface area (Å²) in [6.07, 6.45) is -0.870. The average molecular weight is 212 g/mol. The van der Waals surface area contributed by atoms with Crippen molar-refractivity contribution < 1.29 is 14.6 Å². The number of rotatable bonds is 0. The molecule has 0 aromatic heterocycles. The Kier molecular flexibility index (Phi) is 3.20. The van der Waals surface area contributed by atoms with Gasteiger partial charge in [0, 0.05) is 6.54 Å². The van der Waals surface area contributed by atoms with Gasteiger partial charge in [0.1, 0.15) is 11.6 Å². The largest absolute Gasteiger partial charge is 0.444 e. The van der Waals surface area contributed by atoms with Crippen LogP contribution in [0.15, 0.2) is 0 Å². The van der Waals surface area contributed by atoms with Crippen molar-refractivity contribution >= 4 is 6.09 Å². The zero-order chi connectivity index (χ0) is 11.6. The highest BCUT2D eigenvalue weighted by Crippen LogP contribution is 2.20. The second-order valence-corrected chi connectivity index (χ2v) is 4.60. The minimum atomic E-state index is -0.778. The molecule has 0 unspecified atom stereocenters. The van der Waals surface area contributed by atoms with Crippen molar-refractivity contribution in [2.45, 2.75) is 44.9 Å². The molecule has 84 valence electrons. The van der Waals surface area contributed by atoms with Crippen LogP contribution < -0.4 is 0 Å². The number of likely N-dealkylation sites (tertiary alicyclic amines) is 1. The van der Waals surface area contributed by atoms with Crippen LogP contribution in [0.5, 0.6) is 0 Å². The second-order valence-electron chi connectivity index (χ2n) is 4.60. The van der Waals surface area contributed by atoms with Gasteiger partial charge in [-0.25, -0.2) is 4.79 Å². The SMILES string of the molecule is CC(C)(C)OC(=O)N1CC[C@@H](O)[C@H]1C#N. The standard InChI is InChI=1S/C10H16N2O3/c1-10(2,3)15-9(14)12-5-4-8(13)7(12)6-11/h7-8,13H,4-5H2,1-3H3/t7-,8-/m1/s1. The number of hydrogen-bond donors (Lipinski definition) is 1. The zero-order valence-corrected chi connectivity index (χ0v) is 9.23. The molecule has 1 rings (SSSR count). The number of nitriles is 1. The van der Waals surface area contributed by atoms with Crippen LogP contribution in [-0.4, -0.2) is 40.4 Å². The van der Waals surface area contributed by atoms with Crippen molar-refractivity contribution in [2.75, 3.05) is 6.54 Å². The van der Waals surface area contributed by atoms with Crippen LogP contribution in [-0.2, 0) is 4.74 Å². The molecule has 15 heavy (non-hydrogen) atoms. The Balaban J connectivity index is 2.65. The van der Waals surface area contributed by atoms with Crippen molar-refractivity contribution in [3.8, 4) is 6.07 Å². The van der Waals surface area contributed by atoms with Gasteiger partial charge in [0.2, 0.25) is 0 Å². The number of hydrogen-bond acceptors (Lipinski definition) is 4. The third kappa shape index (κ3) is 2.83. The number of aliphatic hydroxyl groups excluding tert-OH is 1. The number of carbonyl (C=O) groups excluding carboxylic acids is 1. The van der Waals surface area contributed by atoms with E-state index in [9.17, 15) is 9.90 Å². The molecular formula is C10H16N2O3. The van der Waals surface area contributed by atoms with Gasteiger partial charge < -0.3 is 9.84 Å². The first-order valence-corrected chi connectivity index (χ1v) is 4.92. The molecule has 1 N–H and O–H groups in total. The topological polar surface area (TPSA) is 73.6 Å². The predicted octanol–water partition coefficient (Wildman–Crippen LogP) is 0.880. The highest BCUT2D eigenvalue weighted by molar-refractivity contribution is 5.69. The smallest absolute Gasteiger partial charge is 0.411 e. The Morgan fingerprint density at radius 2 is 2.20 bits per heavy atom. The molecule has 0 radical (unpaired) electrons. The number of amides is 1. The summed E-state index contributed by atoms with van der Waals surface area (Å²) in [4.78, 5) is 12.9. The summed E-state index contributed by atoms with van der Waals surface area (Å²) >= 11 is 0. The van der Waals surface area contributed by atoms with E-state index in [-0.39, 0.29) is 0 Å². The van der Waals surface area contributed by atoms with E-state index >= 15 is 0 Å². The van der Waals surface area contributed by atoms with E-state index in [1.165, 1.54) is 4.90 Å². The lowest BCUT2D eigenvalue weighted by Gasteiger charge is -2.26. The molecular weight excluding hydrogens is 196 g/mol. The normalized spacial score (nSPS) is 26.2. The van der Waals surface area contributed by atoms with E-state index in [4.69, 9.17) is 10.00 Å². The van der Waals surface area contributed by atoms with Gasteiger partial charge in [0.05, 0.1) is 12.2 Å². The van der Waals surface area contributed by atoms with Crippen LogP contribution in [0.3, 0.4) is 0 Å². The van der Waals surface area contributed by atoms with Crippen molar-refractivity contribution in [3.63, 3.8) is 0 Å². The number of aliphatic hydroxyl groups is 1. The zero-order valence-electron chi connectivity index (χ0n) is 9.23. The molecule has 1 amide bonds. The van der Waals surface area contributed by atoms with Crippen molar-refractivity contribution in [1.29, 1.82) is 5.26 Å². The Morgan fingerprint density at radius 3 is 2.67 bits per heavy atom. The van der Waals surface area contributed by atoms with Crippen molar-refractivity contribution in [3.05, 3.63) is 0 Å². The van der Waals surface area contributed by atoms with Gasteiger partial charge in [0.15, 0.2) is 0 Å². The van der Waals surface area contributed by atoms with Crippen LogP contribution in [0.1, 0.15) is 27.2 Å². The van der Waals surface area contributed by atoms with Gasteiger partial charge in [-0.2, -0.15) is 5.26 Å². The maximum atomic E-state index is 11.6. The monoisotopic (exact) mass is 212 g/mol. The Labute approximate surface area is 89.2 Å². The Hall–Kier alpha value is -1.28. The molecule has 0 aliphatic carbocycles. The quantitative estimate of drug-likeness (QED) is 0.647. The van der Waals surface area contributed by atoms with Gasteiger partial charge in [0.25, 0.3) is 0 Å². The summed E-state index contributed by atoms with van der Waals surface area (Å²) in [5.41, 5.74) is -0.579. The van der Waals surface area contributed by atoms with Crippen molar-refractivity contribution in [1.82, 2.24) is 4.90 Å². The summed E-state index contributed by atoms with van der Waals surface area (Å²) in [6.45, 7) is 5.66. The third-order valence-corrected chi connectivity index (χ3v) is 2.13. The summed E-state index contributed by atoms with van der Waals surface area (Å²) in [5, 5.41) is 18.2. The molecule has 5 nitrogen and oxygen atoms in total. The fraction of sp³-hybridized carbons (Fsp3) is 0.800. The fourth-order valence-electron chi connectivity index (χ4n) is 1.46. The van der Waals surface area contributed by atoms with Gasteiger partial charge in [-0.15, -0.1) is 0 Å². The highest BCUT2D eigenvalue weighted by Gasteiger charge is 2.38. The number of ether oxygens (including phenoxy) is 1. The molecule has 0 aromatic carbocycles. The summed E-state index contributed by atoms with van der Waals surface area (Å²) in [6, 6.07) is 1.13. The van der Waals surface area contributed by atoms with E-state index in [0.717, 1.165) is 0 Å². The van der Waals surface area contributed by atoms with E-state index < -0.39 is 23.8 Å². The lowest BCUT2D eigenvalue weighted by atomic mass is 10.2. The maximum Gasteiger partial charge on any atom is 0.411 e. The van der Waals surface area contributed by atoms with Gasteiger partial charge >= 0.3 is 6.09 Å². The molecule has 1 fully saturated rings. The minimum Gasteiger partial charge on any atom is -0.444 e. The van der Waals surface area contributed by atoms with Crippen LogP contribution in [0.25, 0.3) is 0 Å². The van der Waals surface area contributed by atoms with E-state index in [2.05, 4.69) is 0 Å². The summed E-state index contributed by atoms with van der Waals surface area (Å²) in [5.74, 6) is 0. The minimum absolute atomic E-state index is 0.369. The average Bonchev–Trinajstić information content (AvgIpc) is 2.43. The van der Waals surface area contributed by atoms with E-state index in [1.54, 1.807) is 20.8 Å². The molecule has 5 heteroatoms. The molecule has 0 aromatic rings. The predicted molar refractivity (Wildman–Crippen MR) is 53.0 cm³/mol. The molecule has 1 aliphatic heterocycles.